The first kappa shape index (κ1) is 149. The third-order valence-electron chi connectivity index (χ3n) is 26.9. The number of nitrogens with one attached hydrogen (secondary N) is 4. The first-order valence-electron chi connectivity index (χ1n) is 56.8. The molecule has 1 atom stereocenters. The maximum Gasteiger partial charge on any atom is 0.410 e. The van der Waals surface area contributed by atoms with Gasteiger partial charge in [0.15, 0.2) is 17.3 Å². The number of hydrogen-bond donors (Lipinski definition) is 7. The highest BCUT2D eigenvalue weighted by Gasteiger charge is 2.41. The lowest BCUT2D eigenvalue weighted by Gasteiger charge is -2.34. The van der Waals surface area contributed by atoms with E-state index in [2.05, 4.69) is 125 Å². The van der Waals surface area contributed by atoms with Crippen LogP contribution >= 0.6 is 0 Å². The molecule has 0 aromatic rings. The minimum absolute atomic E-state index is 0.0654. The molecule has 0 radical (unpaired) electrons. The van der Waals surface area contributed by atoms with E-state index in [9.17, 15) is 63.3 Å². The largest absolute Gasteiger partial charge is 0.444 e. The summed E-state index contributed by atoms with van der Waals surface area (Å²) in [6, 6.07) is 0.438. The Morgan fingerprint density at radius 3 is 0.838 bits per heavy atom. The number of aliphatic hydroxyl groups is 3. The Bertz CT molecular complexity index is 2810. The van der Waals surface area contributed by atoms with E-state index >= 15 is 0 Å². The van der Waals surface area contributed by atoms with E-state index in [1.165, 1.54) is 83.0 Å². The Hall–Kier alpha value is -4.62. The molecule has 0 saturated heterocycles. The molecule has 0 heterocycles. The molecule has 9 aliphatic rings. The van der Waals surface area contributed by atoms with Crippen LogP contribution in [0.1, 0.15) is 541 Å². The van der Waals surface area contributed by atoms with Crippen LogP contribution in [-0.4, -0.2) is 140 Å². The van der Waals surface area contributed by atoms with Gasteiger partial charge < -0.3 is 46.2 Å². The lowest BCUT2D eigenvalue weighted by atomic mass is 9.78. The van der Waals surface area contributed by atoms with Gasteiger partial charge in [0.25, 0.3) is 5.91 Å². The fraction of sp³-hybridized carbons (Fsp3) is 0.915. The van der Waals surface area contributed by atoms with Crippen molar-refractivity contribution in [3.05, 3.63) is 0 Å². The van der Waals surface area contributed by atoms with Gasteiger partial charge in [-0.2, -0.15) is 0 Å². The number of amides is 5. The van der Waals surface area contributed by atoms with Crippen LogP contribution in [0.4, 0.5) is 4.79 Å². The van der Waals surface area contributed by atoms with Crippen molar-refractivity contribution >= 4 is 58.6 Å². The van der Waals surface area contributed by atoms with Crippen LogP contribution in [0.2, 0.25) is 0 Å². The minimum Gasteiger partial charge on any atom is -0.444 e. The molecule has 0 aliphatic heterocycles. The van der Waals surface area contributed by atoms with Crippen molar-refractivity contribution in [2.75, 3.05) is 26.7 Å². The predicted octanol–water partition coefficient (Wildman–Crippen LogP) is 30.2. The lowest BCUT2D eigenvalue weighted by Crippen LogP contribution is -2.50. The third kappa shape index (κ3) is 75.2. The van der Waals surface area contributed by atoms with Crippen molar-refractivity contribution in [1.82, 2.24) is 26.2 Å². The molecule has 5 amide bonds. The summed E-state index contributed by atoms with van der Waals surface area (Å²) in [6.07, 6.45) is 39.6. The zero-order valence-electron chi connectivity index (χ0n) is 98.3. The monoisotopic (exact) mass is 1940 g/mol. The fourth-order valence-electron chi connectivity index (χ4n) is 16.9. The summed E-state index contributed by atoms with van der Waals surface area (Å²) in [5.74, 6) is 10.3. The normalized spacial score (nSPS) is 27.2. The summed E-state index contributed by atoms with van der Waals surface area (Å²) in [7, 11) is 1.62. The standard InChI is InChI=1S/C15H27NO3.C13H25NO.C12H23NO.C11H21NO2.C11H21NO.C10H18O.2C9H16O2.C9H16O.9C2H6/c1-11-6-8-12(9-7-11)13(17)10-16(5)14(18)19-15(2,3)4;1-10-5-7-11(8-6-10)12(15)14-9-13(2,3)4;1-4-10(3)13-12(14)11-7-5-9(2)6-8-11;1-8(2)12-10(13)11(14)6-4-9(3)5-7-11;1-3-8-12-11(13)10-6-4-9(2)5-7-10;1-3-10(11)9-6-4-8(2)5-7-9;2*1-7-3-5-9(11,6-4-7)8(2)10;1-7-3-5-9(6-4-7)8(2)10;9*1-2/h11-12H,6-10H2,1-5H3;10-11H,5-9H2,1-4H3,(H,14,15);9-11H,4-8H2,1-3H3,(H,13,14);8-9,14H,4-7H2,1-3H3,(H,12,13);9-10H,3-8H2,1-2H3,(H,12,13);8-9H,3-7H2,1-2H3;2*7,11H,3-6H2,1-2H3;7,9H,3-6H2,1-2H3;9*1-2H3/t;;9?,10-,11?;;;;;;;;;;;;;;;/m..1.............../s1. The van der Waals surface area contributed by atoms with Crippen LogP contribution in [0.15, 0.2) is 0 Å². The van der Waals surface area contributed by atoms with Crippen LogP contribution in [0, 0.1) is 94.2 Å². The van der Waals surface area contributed by atoms with Gasteiger partial charge in [-0.1, -0.05) is 267 Å². The zero-order chi connectivity index (χ0) is 108. The van der Waals surface area contributed by atoms with Crippen LogP contribution in [0.25, 0.3) is 0 Å². The molecule has 9 rings (SSSR count). The van der Waals surface area contributed by atoms with E-state index in [-0.39, 0.29) is 70.8 Å². The average Bonchev–Trinajstić information content (AvgIpc) is 0.832. The molecule has 19 nitrogen and oxygen atoms in total. The number of carbonyl (C=O) groups is 10. The molecule has 0 unspecified atom stereocenters. The molecular weight excluding hydrogens is 1700 g/mol. The molecule has 0 aromatic heterocycles. The summed E-state index contributed by atoms with van der Waals surface area (Å²) in [6.45, 7) is 86.6. The van der Waals surface area contributed by atoms with E-state index in [4.69, 9.17) is 4.74 Å². The van der Waals surface area contributed by atoms with E-state index in [0.717, 1.165) is 196 Å². The van der Waals surface area contributed by atoms with Gasteiger partial charge in [-0.3, -0.25) is 43.2 Å². The van der Waals surface area contributed by atoms with Crippen molar-refractivity contribution in [1.29, 1.82) is 0 Å². The van der Waals surface area contributed by atoms with Crippen molar-refractivity contribution < 1.29 is 68.0 Å². The molecule has 19 heteroatoms. The molecule has 9 aliphatic carbocycles. The first-order chi connectivity index (χ1) is 63.9. The van der Waals surface area contributed by atoms with Gasteiger partial charge in [-0.15, -0.1) is 0 Å². The van der Waals surface area contributed by atoms with Crippen LogP contribution in [-0.2, 0) is 47.9 Å². The summed E-state index contributed by atoms with van der Waals surface area (Å²) in [4.78, 5) is 116. The number of rotatable bonds is 18. The number of ketones is 5. The maximum atomic E-state index is 12.1. The van der Waals surface area contributed by atoms with E-state index in [0.29, 0.717) is 97.6 Å². The summed E-state index contributed by atoms with van der Waals surface area (Å²) >= 11 is 0. The molecule has 7 N–H and O–H groups in total. The highest BCUT2D eigenvalue weighted by molar-refractivity contribution is 5.87. The van der Waals surface area contributed by atoms with Gasteiger partial charge in [-0.05, 0) is 326 Å². The summed E-state index contributed by atoms with van der Waals surface area (Å²) in [5, 5.41) is 41.4. The Morgan fingerprint density at radius 1 is 0.346 bits per heavy atom. The Labute approximate surface area is 844 Å². The number of nitrogens with zero attached hydrogens (tertiary/aromatic N) is 1. The molecular formula is C117H237N5O14. The van der Waals surface area contributed by atoms with E-state index in [1.807, 2.05) is 166 Å². The zero-order valence-corrected chi connectivity index (χ0v) is 98.3. The molecule has 0 bridgehead atoms. The van der Waals surface area contributed by atoms with Gasteiger partial charge in [0.05, 0.1) is 6.54 Å². The molecule has 814 valence electrons. The van der Waals surface area contributed by atoms with Crippen molar-refractivity contribution in [2.45, 2.75) is 576 Å². The van der Waals surface area contributed by atoms with Gasteiger partial charge in [0, 0.05) is 74.1 Å². The smallest absolute Gasteiger partial charge is 0.410 e. The van der Waals surface area contributed by atoms with E-state index < -0.39 is 28.5 Å². The van der Waals surface area contributed by atoms with Crippen molar-refractivity contribution in [2.24, 2.45) is 94.2 Å². The maximum absolute atomic E-state index is 12.1. The number of ether oxygens (including phenoxy) is 1. The van der Waals surface area contributed by atoms with Gasteiger partial charge >= 0.3 is 6.09 Å². The number of Topliss-reactive ketones (excluding diaryl/α,β-unsaturated/α-hetero) is 5. The fourth-order valence-corrected chi connectivity index (χ4v) is 16.9. The second-order valence-corrected chi connectivity index (χ2v) is 41.7. The first-order valence-corrected chi connectivity index (χ1v) is 56.8. The van der Waals surface area contributed by atoms with Crippen LogP contribution < -0.4 is 21.3 Å². The van der Waals surface area contributed by atoms with Gasteiger partial charge in [0.1, 0.15) is 34.0 Å². The molecule has 136 heavy (non-hydrogen) atoms. The number of carbonyl (C=O) groups excluding carboxylic acids is 10. The quantitative estimate of drug-likeness (QED) is 0.0672. The third-order valence-corrected chi connectivity index (χ3v) is 26.9. The van der Waals surface area contributed by atoms with E-state index in [1.54, 1.807) is 14.0 Å². The van der Waals surface area contributed by atoms with Gasteiger partial charge in [0.2, 0.25) is 17.7 Å². The molecule has 9 saturated carbocycles. The SMILES string of the molecule is CC.CC.CC.CC.CC.CC.CC.CC.CC.CC(=O)C1(O)CCC(C)CC1.CC(=O)C1(O)CCC(C)CC1.CC(=O)C1CCC(C)CC1.CC1CCC(C(=O)CN(C)C(=O)OC(C)(C)C)CC1.CC1CCC(C(=O)NCC(C)(C)C)CC1.CC1CCC(O)(C(=O)NC(C)C)CC1.CCC(=O)C1CCC(C)CC1.CCCNC(=O)C1CCC(C)CC1.CC[C@@H](C)NC(=O)C1CCC(C)CC1. The Kier molecular flexibility index (Phi) is 97.9. The highest BCUT2D eigenvalue weighted by atomic mass is 16.6. The molecule has 0 spiro atoms. The predicted molar refractivity (Wildman–Crippen MR) is 585 cm³/mol. The van der Waals surface area contributed by atoms with Crippen LogP contribution in [0.5, 0.6) is 0 Å². The number of hydrogen-bond acceptors (Lipinski definition) is 14. The topological polar surface area (TPSA) is 292 Å². The Balaban J connectivity index is -0.000000187. The number of likely N-dealkylation sites (N-methyl/N-ethyl adjacent to an activating group) is 1. The van der Waals surface area contributed by atoms with Gasteiger partial charge in [-0.25, -0.2) is 4.79 Å². The second kappa shape index (κ2) is 89.2. The second-order valence-electron chi connectivity index (χ2n) is 41.7. The Morgan fingerprint density at radius 2 is 0.596 bits per heavy atom. The molecule has 9 fully saturated rings. The highest BCUT2D eigenvalue weighted by Crippen LogP contribution is 2.38. The summed E-state index contributed by atoms with van der Waals surface area (Å²) in [5.41, 5.74) is -3.39. The molecule has 0 aromatic carbocycles. The van der Waals surface area contributed by atoms with Crippen LogP contribution in [0.3, 0.4) is 0 Å². The van der Waals surface area contributed by atoms with Crippen molar-refractivity contribution in [3.8, 4) is 0 Å². The summed E-state index contributed by atoms with van der Waals surface area (Å²) < 4.78 is 5.24. The average molecular weight is 1940 g/mol. The minimum atomic E-state index is -1.10. The van der Waals surface area contributed by atoms with Crippen molar-refractivity contribution in [3.63, 3.8) is 0 Å². The lowest BCUT2D eigenvalue weighted by molar-refractivity contribution is -0.144.